The Hall–Kier alpha value is -1.35. The number of carbonyl (C=O) groups excluding carboxylic acids is 1. The summed E-state index contributed by atoms with van der Waals surface area (Å²) in [6.07, 6.45) is 9.42. The summed E-state index contributed by atoms with van der Waals surface area (Å²) in [5.41, 5.74) is 2.46. The summed E-state index contributed by atoms with van der Waals surface area (Å²) < 4.78 is 0. The first-order valence-corrected chi connectivity index (χ1v) is 9.27. The third kappa shape index (κ3) is 5.07. The molecule has 0 saturated heterocycles. The molecular weight excluding hydrogens is 284 g/mol. The van der Waals surface area contributed by atoms with Crippen LogP contribution in [0.4, 0.5) is 0 Å². The fraction of sp³-hybridized carbons (Fsp3) is 0.650. The molecule has 2 aliphatic carbocycles. The smallest absolute Gasteiger partial charge is 0.234 e. The Balaban J connectivity index is 1.47. The summed E-state index contributed by atoms with van der Waals surface area (Å²) in [6, 6.07) is 8.94. The summed E-state index contributed by atoms with van der Waals surface area (Å²) in [4.78, 5) is 14.8. The fourth-order valence-electron chi connectivity index (χ4n) is 3.73. The maximum absolute atomic E-state index is 12.4. The molecule has 1 aromatic carbocycles. The summed E-state index contributed by atoms with van der Waals surface area (Å²) in [5.74, 6) is 0.990. The second kappa shape index (κ2) is 7.96. The van der Waals surface area contributed by atoms with Crippen molar-refractivity contribution in [2.45, 2.75) is 64.5 Å². The van der Waals surface area contributed by atoms with Gasteiger partial charge in [0.25, 0.3) is 0 Å². The summed E-state index contributed by atoms with van der Waals surface area (Å²) >= 11 is 0. The second-order valence-electron chi connectivity index (χ2n) is 7.37. The standard InChI is InChI=1S/C20H30N2O/c1-16-7-5-6-10-18(16)13-21-20(23)15-22(19-11-12-19)14-17-8-3-2-4-9-17/h5-7,10,17,19H,2-4,8-9,11-15H2,1H3,(H,21,23). The van der Waals surface area contributed by atoms with Crippen molar-refractivity contribution in [3.8, 4) is 0 Å². The molecule has 2 saturated carbocycles. The molecule has 2 fully saturated rings. The van der Waals surface area contributed by atoms with Crippen LogP contribution in [0.1, 0.15) is 56.1 Å². The Morgan fingerprint density at radius 1 is 1.13 bits per heavy atom. The van der Waals surface area contributed by atoms with Gasteiger partial charge in [0, 0.05) is 19.1 Å². The molecule has 0 aliphatic heterocycles. The number of amides is 1. The van der Waals surface area contributed by atoms with Crippen LogP contribution in [-0.4, -0.2) is 29.9 Å². The lowest BCUT2D eigenvalue weighted by Crippen LogP contribution is -2.41. The maximum Gasteiger partial charge on any atom is 0.234 e. The minimum absolute atomic E-state index is 0.177. The van der Waals surface area contributed by atoms with Crippen molar-refractivity contribution in [2.75, 3.05) is 13.1 Å². The van der Waals surface area contributed by atoms with Crippen LogP contribution in [-0.2, 0) is 11.3 Å². The predicted molar refractivity (Wildman–Crippen MR) is 94.2 cm³/mol. The zero-order valence-corrected chi connectivity index (χ0v) is 14.4. The average molecular weight is 314 g/mol. The van der Waals surface area contributed by atoms with Gasteiger partial charge in [-0.3, -0.25) is 9.69 Å². The van der Waals surface area contributed by atoms with Crippen LogP contribution in [0.25, 0.3) is 0 Å². The van der Waals surface area contributed by atoms with Gasteiger partial charge in [-0.25, -0.2) is 0 Å². The van der Waals surface area contributed by atoms with Crippen molar-refractivity contribution in [2.24, 2.45) is 5.92 Å². The van der Waals surface area contributed by atoms with Crippen LogP contribution >= 0.6 is 0 Å². The highest BCUT2D eigenvalue weighted by Gasteiger charge is 2.32. The van der Waals surface area contributed by atoms with Crippen molar-refractivity contribution < 1.29 is 4.79 Å². The molecule has 2 aliphatic rings. The second-order valence-corrected chi connectivity index (χ2v) is 7.37. The first-order valence-electron chi connectivity index (χ1n) is 9.27. The first kappa shape index (κ1) is 16.5. The molecule has 1 amide bonds. The summed E-state index contributed by atoms with van der Waals surface area (Å²) in [7, 11) is 0. The quantitative estimate of drug-likeness (QED) is 0.833. The van der Waals surface area contributed by atoms with Crippen molar-refractivity contribution >= 4 is 5.91 Å². The molecule has 0 heterocycles. The van der Waals surface area contributed by atoms with E-state index in [1.54, 1.807) is 0 Å². The molecule has 3 rings (SSSR count). The molecule has 3 nitrogen and oxygen atoms in total. The highest BCUT2D eigenvalue weighted by molar-refractivity contribution is 5.78. The Labute approximate surface area is 140 Å². The maximum atomic E-state index is 12.4. The van der Waals surface area contributed by atoms with E-state index < -0.39 is 0 Å². The lowest BCUT2D eigenvalue weighted by molar-refractivity contribution is -0.122. The van der Waals surface area contributed by atoms with E-state index in [0.717, 1.165) is 12.5 Å². The normalized spacial score (nSPS) is 19.0. The van der Waals surface area contributed by atoms with E-state index in [1.165, 1.54) is 56.1 Å². The predicted octanol–water partition coefficient (Wildman–Crippen LogP) is 3.66. The molecule has 0 unspecified atom stereocenters. The zero-order chi connectivity index (χ0) is 16.1. The Kier molecular flexibility index (Phi) is 5.71. The van der Waals surface area contributed by atoms with Gasteiger partial charge in [-0.15, -0.1) is 0 Å². The van der Waals surface area contributed by atoms with Gasteiger partial charge >= 0.3 is 0 Å². The SMILES string of the molecule is Cc1ccccc1CNC(=O)CN(CC1CCCCC1)C1CC1. The molecule has 0 bridgehead atoms. The van der Waals surface area contributed by atoms with Crippen LogP contribution < -0.4 is 5.32 Å². The van der Waals surface area contributed by atoms with Crippen molar-refractivity contribution in [1.29, 1.82) is 0 Å². The molecule has 1 N–H and O–H groups in total. The largest absolute Gasteiger partial charge is 0.351 e. The number of rotatable bonds is 7. The minimum Gasteiger partial charge on any atom is -0.351 e. The van der Waals surface area contributed by atoms with Crippen molar-refractivity contribution in [3.63, 3.8) is 0 Å². The third-order valence-corrected chi connectivity index (χ3v) is 5.36. The van der Waals surface area contributed by atoms with Crippen molar-refractivity contribution in [3.05, 3.63) is 35.4 Å². The highest BCUT2D eigenvalue weighted by atomic mass is 16.2. The first-order chi connectivity index (χ1) is 11.2. The number of aryl methyl sites for hydroxylation is 1. The molecule has 0 aromatic heterocycles. The van der Waals surface area contributed by atoms with E-state index in [1.807, 2.05) is 12.1 Å². The Bertz CT molecular complexity index is 518. The van der Waals surface area contributed by atoms with Gasteiger partial charge < -0.3 is 5.32 Å². The fourth-order valence-corrected chi connectivity index (χ4v) is 3.73. The van der Waals surface area contributed by atoms with Crippen LogP contribution in [0.2, 0.25) is 0 Å². The topological polar surface area (TPSA) is 32.3 Å². The zero-order valence-electron chi connectivity index (χ0n) is 14.4. The van der Waals surface area contributed by atoms with Crippen LogP contribution in [0.15, 0.2) is 24.3 Å². The van der Waals surface area contributed by atoms with Crippen LogP contribution in [0, 0.1) is 12.8 Å². The van der Waals surface area contributed by atoms with Crippen LogP contribution in [0.3, 0.4) is 0 Å². The molecule has 0 atom stereocenters. The van der Waals surface area contributed by atoms with E-state index in [2.05, 4.69) is 29.3 Å². The number of benzene rings is 1. The van der Waals surface area contributed by atoms with E-state index in [-0.39, 0.29) is 5.91 Å². The molecule has 3 heteroatoms. The Morgan fingerprint density at radius 2 is 1.87 bits per heavy atom. The average Bonchev–Trinajstić information content (AvgIpc) is 3.39. The lowest BCUT2D eigenvalue weighted by Gasteiger charge is -2.29. The van der Waals surface area contributed by atoms with E-state index >= 15 is 0 Å². The highest BCUT2D eigenvalue weighted by Crippen LogP contribution is 2.31. The number of nitrogens with zero attached hydrogens (tertiary/aromatic N) is 1. The Morgan fingerprint density at radius 3 is 2.57 bits per heavy atom. The number of nitrogens with one attached hydrogen (secondary N) is 1. The number of hydrogen-bond acceptors (Lipinski definition) is 2. The van der Waals surface area contributed by atoms with Crippen molar-refractivity contribution in [1.82, 2.24) is 10.2 Å². The van der Waals surface area contributed by atoms with Crippen LogP contribution in [0.5, 0.6) is 0 Å². The van der Waals surface area contributed by atoms with Gasteiger partial charge in [0.1, 0.15) is 0 Å². The third-order valence-electron chi connectivity index (χ3n) is 5.36. The van der Waals surface area contributed by atoms with Gasteiger partial charge in [0.15, 0.2) is 0 Å². The monoisotopic (exact) mass is 314 g/mol. The molecule has 23 heavy (non-hydrogen) atoms. The molecular formula is C20H30N2O. The minimum atomic E-state index is 0.177. The molecule has 0 radical (unpaired) electrons. The van der Waals surface area contributed by atoms with Gasteiger partial charge in [-0.1, -0.05) is 43.5 Å². The van der Waals surface area contributed by atoms with E-state index in [0.29, 0.717) is 19.1 Å². The van der Waals surface area contributed by atoms with Gasteiger partial charge in [-0.2, -0.15) is 0 Å². The van der Waals surface area contributed by atoms with E-state index in [9.17, 15) is 4.79 Å². The number of hydrogen-bond donors (Lipinski definition) is 1. The molecule has 0 spiro atoms. The van der Waals surface area contributed by atoms with E-state index in [4.69, 9.17) is 0 Å². The van der Waals surface area contributed by atoms with Gasteiger partial charge in [0.05, 0.1) is 6.54 Å². The molecule has 126 valence electrons. The summed E-state index contributed by atoms with van der Waals surface area (Å²) in [5, 5.41) is 3.11. The number of carbonyl (C=O) groups is 1. The van der Waals surface area contributed by atoms with Gasteiger partial charge in [-0.05, 0) is 49.7 Å². The molecule has 1 aromatic rings. The summed E-state index contributed by atoms with van der Waals surface area (Å²) in [6.45, 7) is 4.45. The van der Waals surface area contributed by atoms with Gasteiger partial charge in [0.2, 0.25) is 5.91 Å². The lowest BCUT2D eigenvalue weighted by atomic mass is 9.89.